The second-order valence-electron chi connectivity index (χ2n) is 10.0. The van der Waals surface area contributed by atoms with Gasteiger partial charge in [-0.3, -0.25) is 0 Å². The second-order valence-corrected chi connectivity index (χ2v) is 10.0. The van der Waals surface area contributed by atoms with E-state index in [0.717, 1.165) is 48.4 Å². The van der Waals surface area contributed by atoms with Crippen LogP contribution in [-0.2, 0) is 6.42 Å². The van der Waals surface area contributed by atoms with E-state index >= 15 is 0 Å². The van der Waals surface area contributed by atoms with Gasteiger partial charge >= 0.3 is 0 Å². The van der Waals surface area contributed by atoms with Crippen LogP contribution < -0.4 is 4.74 Å². The largest absolute Gasteiger partial charge is 0.494 e. The molecule has 1 aliphatic carbocycles. The number of hydrogen-bond donors (Lipinski definition) is 0. The van der Waals surface area contributed by atoms with E-state index in [1.807, 2.05) is 24.5 Å². The minimum absolute atomic E-state index is 0.673. The topological polar surface area (TPSA) is 35.0 Å². The Labute approximate surface area is 196 Å². The van der Waals surface area contributed by atoms with Crippen LogP contribution in [0.1, 0.15) is 97.0 Å². The fourth-order valence-electron chi connectivity index (χ4n) is 4.91. The molecule has 0 amide bonds. The normalized spacial score (nSPS) is 19.6. The maximum Gasteiger partial charge on any atom is 0.159 e. The third-order valence-electron chi connectivity index (χ3n) is 7.31. The Balaban J connectivity index is 1.34. The lowest BCUT2D eigenvalue weighted by Crippen LogP contribution is -2.15. The lowest BCUT2D eigenvalue weighted by Gasteiger charge is -2.28. The average molecular weight is 437 g/mol. The summed E-state index contributed by atoms with van der Waals surface area (Å²) in [7, 11) is 0. The first-order valence-corrected chi connectivity index (χ1v) is 13.2. The summed E-state index contributed by atoms with van der Waals surface area (Å²) in [6, 6.07) is 8.23. The second kappa shape index (κ2) is 13.6. The minimum Gasteiger partial charge on any atom is -0.494 e. The fraction of sp³-hybridized carbons (Fsp3) is 0.655. The molecule has 32 heavy (non-hydrogen) atoms. The molecule has 1 atom stereocenters. The van der Waals surface area contributed by atoms with Crippen molar-refractivity contribution in [3.8, 4) is 17.1 Å². The monoisotopic (exact) mass is 436 g/mol. The van der Waals surface area contributed by atoms with Gasteiger partial charge in [0.05, 0.1) is 6.61 Å². The molecule has 1 aromatic heterocycles. The van der Waals surface area contributed by atoms with Crippen molar-refractivity contribution in [2.24, 2.45) is 17.8 Å². The van der Waals surface area contributed by atoms with E-state index in [0.29, 0.717) is 5.92 Å². The van der Waals surface area contributed by atoms with Gasteiger partial charge in [-0.1, -0.05) is 78.6 Å². The lowest BCUT2D eigenvalue weighted by atomic mass is 9.78. The predicted octanol–water partition coefficient (Wildman–Crippen LogP) is 8.28. The zero-order chi connectivity index (χ0) is 22.6. The van der Waals surface area contributed by atoms with Gasteiger partial charge in [-0.2, -0.15) is 0 Å². The van der Waals surface area contributed by atoms with Crippen LogP contribution in [0.3, 0.4) is 0 Å². The zero-order valence-corrected chi connectivity index (χ0v) is 20.7. The first-order chi connectivity index (χ1) is 15.7. The van der Waals surface area contributed by atoms with Crippen LogP contribution in [0, 0.1) is 17.8 Å². The highest BCUT2D eigenvalue weighted by Gasteiger charge is 2.20. The summed E-state index contributed by atoms with van der Waals surface area (Å²) in [5.41, 5.74) is 2.26. The molecule has 3 rings (SSSR count). The van der Waals surface area contributed by atoms with Gasteiger partial charge in [0.25, 0.3) is 0 Å². The molecule has 1 heterocycles. The molecule has 0 saturated heterocycles. The van der Waals surface area contributed by atoms with Gasteiger partial charge < -0.3 is 4.74 Å². The van der Waals surface area contributed by atoms with Crippen LogP contribution in [0.25, 0.3) is 11.4 Å². The molecule has 1 fully saturated rings. The van der Waals surface area contributed by atoms with Crippen molar-refractivity contribution >= 4 is 0 Å². The van der Waals surface area contributed by atoms with Crippen LogP contribution >= 0.6 is 0 Å². The quantitative estimate of drug-likeness (QED) is 0.296. The summed E-state index contributed by atoms with van der Waals surface area (Å²) in [4.78, 5) is 9.13. The van der Waals surface area contributed by atoms with Crippen LogP contribution in [0.4, 0.5) is 0 Å². The minimum atomic E-state index is 0.673. The summed E-state index contributed by atoms with van der Waals surface area (Å²) in [5.74, 6) is 4.33. The third-order valence-corrected chi connectivity index (χ3v) is 7.31. The third kappa shape index (κ3) is 8.22. The summed E-state index contributed by atoms with van der Waals surface area (Å²) >= 11 is 0. The molecule has 0 bridgehead atoms. The molecule has 0 unspecified atom stereocenters. The molecule has 3 nitrogen and oxygen atoms in total. The molecule has 0 aliphatic heterocycles. The standard InChI is InChI=1S/C29H44N2O/c1-4-6-7-9-24-11-13-25(14-12-24)10-8-19-32-28-17-15-27(16-18-28)29-30-21-26(22-31-29)20-23(3)5-2/h15-18,21-25H,4-14,19-20H2,1-3H3/t23-,24?,25?/m0/s1. The molecular formula is C29H44N2O. The van der Waals surface area contributed by atoms with Crippen LogP contribution in [0.5, 0.6) is 5.75 Å². The Morgan fingerprint density at radius 2 is 1.50 bits per heavy atom. The van der Waals surface area contributed by atoms with Gasteiger partial charge in [0.15, 0.2) is 5.82 Å². The highest BCUT2D eigenvalue weighted by Crippen LogP contribution is 2.34. The van der Waals surface area contributed by atoms with Gasteiger partial charge in [-0.05, 0) is 66.8 Å². The summed E-state index contributed by atoms with van der Waals surface area (Å²) in [6.45, 7) is 7.61. The van der Waals surface area contributed by atoms with E-state index in [-0.39, 0.29) is 0 Å². The summed E-state index contributed by atoms with van der Waals surface area (Å²) in [5, 5.41) is 0. The van der Waals surface area contributed by atoms with Crippen molar-refractivity contribution in [1.29, 1.82) is 0 Å². The van der Waals surface area contributed by atoms with Crippen molar-refractivity contribution in [1.82, 2.24) is 9.97 Å². The van der Waals surface area contributed by atoms with Crippen molar-refractivity contribution in [3.63, 3.8) is 0 Å². The van der Waals surface area contributed by atoms with E-state index in [2.05, 4.69) is 42.9 Å². The highest BCUT2D eigenvalue weighted by molar-refractivity contribution is 5.55. The van der Waals surface area contributed by atoms with Gasteiger partial charge in [-0.15, -0.1) is 0 Å². The maximum absolute atomic E-state index is 6.01. The SMILES string of the molecule is CCCCCC1CCC(CCCOc2ccc(-c3ncc(C[C@@H](C)CC)cn3)cc2)CC1. The predicted molar refractivity (Wildman–Crippen MR) is 135 cm³/mol. The first-order valence-electron chi connectivity index (χ1n) is 13.2. The fourth-order valence-corrected chi connectivity index (χ4v) is 4.91. The average Bonchev–Trinajstić information content (AvgIpc) is 2.84. The molecule has 0 spiro atoms. The molecule has 0 N–H and O–H groups in total. The molecule has 1 aromatic carbocycles. The number of rotatable bonds is 13. The van der Waals surface area contributed by atoms with E-state index in [1.165, 1.54) is 69.8 Å². The van der Waals surface area contributed by atoms with Gasteiger partial charge in [0.1, 0.15) is 5.75 Å². The van der Waals surface area contributed by atoms with Crippen LogP contribution in [0.15, 0.2) is 36.7 Å². The smallest absolute Gasteiger partial charge is 0.159 e. The Hall–Kier alpha value is -1.90. The molecule has 2 aromatic rings. The van der Waals surface area contributed by atoms with Crippen molar-refractivity contribution in [3.05, 3.63) is 42.2 Å². The Morgan fingerprint density at radius 3 is 2.09 bits per heavy atom. The zero-order valence-electron chi connectivity index (χ0n) is 20.7. The van der Waals surface area contributed by atoms with E-state index in [4.69, 9.17) is 4.74 Å². The molecule has 1 aliphatic rings. The maximum atomic E-state index is 6.01. The number of unbranched alkanes of at least 4 members (excludes halogenated alkanes) is 2. The highest BCUT2D eigenvalue weighted by atomic mass is 16.5. The van der Waals surface area contributed by atoms with E-state index in [1.54, 1.807) is 0 Å². The van der Waals surface area contributed by atoms with Gasteiger partial charge in [0, 0.05) is 18.0 Å². The Bertz CT molecular complexity index is 748. The van der Waals surface area contributed by atoms with Crippen molar-refractivity contribution < 1.29 is 4.74 Å². The van der Waals surface area contributed by atoms with Crippen molar-refractivity contribution in [2.75, 3.05) is 6.61 Å². The molecule has 1 saturated carbocycles. The van der Waals surface area contributed by atoms with E-state index < -0.39 is 0 Å². The van der Waals surface area contributed by atoms with Gasteiger partial charge in [0.2, 0.25) is 0 Å². The van der Waals surface area contributed by atoms with Crippen molar-refractivity contribution in [2.45, 2.75) is 97.8 Å². The first kappa shape index (κ1) is 24.7. The molecule has 176 valence electrons. The number of hydrogen-bond acceptors (Lipinski definition) is 3. The van der Waals surface area contributed by atoms with Crippen LogP contribution in [0.2, 0.25) is 0 Å². The number of nitrogens with zero attached hydrogens (tertiary/aromatic N) is 2. The molecular weight excluding hydrogens is 392 g/mol. The Kier molecular flexibility index (Phi) is 10.5. The molecule has 0 radical (unpaired) electrons. The lowest BCUT2D eigenvalue weighted by molar-refractivity contribution is 0.228. The number of aromatic nitrogens is 2. The van der Waals surface area contributed by atoms with Gasteiger partial charge in [-0.25, -0.2) is 9.97 Å². The molecule has 3 heteroatoms. The number of benzene rings is 1. The van der Waals surface area contributed by atoms with Crippen LogP contribution in [-0.4, -0.2) is 16.6 Å². The Morgan fingerprint density at radius 1 is 0.875 bits per heavy atom. The van der Waals surface area contributed by atoms with E-state index in [9.17, 15) is 0 Å². The summed E-state index contributed by atoms with van der Waals surface area (Å²) in [6.07, 6.45) is 20.1. The number of ether oxygens (including phenoxy) is 1. The summed E-state index contributed by atoms with van der Waals surface area (Å²) < 4.78 is 6.01.